The highest BCUT2D eigenvalue weighted by atomic mass is 32.1. The molecule has 30 heavy (non-hydrogen) atoms. The topological polar surface area (TPSA) is 88.7 Å². The molecule has 0 fully saturated rings. The van der Waals surface area contributed by atoms with Crippen LogP contribution in [-0.2, 0) is 9.59 Å². The zero-order chi connectivity index (χ0) is 22.1. The molecule has 2 aromatic carbocycles. The van der Waals surface area contributed by atoms with Gasteiger partial charge in [-0.3, -0.25) is 25.8 Å². The molecule has 2 amide bonds. The minimum atomic E-state index is -0.761. The molecule has 7 nitrogen and oxygen atoms in total. The molecule has 3 N–H and O–H groups in total. The summed E-state index contributed by atoms with van der Waals surface area (Å²) in [6, 6.07) is 12.9. The summed E-state index contributed by atoms with van der Waals surface area (Å²) in [7, 11) is 1.55. The van der Waals surface area contributed by atoms with E-state index in [1.165, 1.54) is 6.08 Å². The van der Waals surface area contributed by atoms with Crippen molar-refractivity contribution in [3.63, 3.8) is 0 Å². The number of carbonyl (C=O) groups is 2. The molecule has 0 aromatic heterocycles. The van der Waals surface area contributed by atoms with Crippen LogP contribution in [0.5, 0.6) is 11.5 Å². The van der Waals surface area contributed by atoms with Gasteiger partial charge in [-0.25, -0.2) is 0 Å². The summed E-state index contributed by atoms with van der Waals surface area (Å²) in [5, 5.41) is 2.40. The van der Waals surface area contributed by atoms with Crippen LogP contribution >= 0.6 is 12.2 Å². The number of nitrogens with one attached hydrogen (secondary N) is 3. The fourth-order valence-electron chi connectivity index (χ4n) is 2.42. The Morgan fingerprint density at radius 2 is 1.80 bits per heavy atom. The summed E-state index contributed by atoms with van der Waals surface area (Å²) in [5.74, 6) is 0.354. The van der Waals surface area contributed by atoms with Crippen LogP contribution in [0.2, 0.25) is 0 Å². The summed E-state index contributed by atoms with van der Waals surface area (Å²) < 4.78 is 10.8. The normalized spacial score (nSPS) is 11.5. The Balaban J connectivity index is 1.80. The molecule has 1 atom stereocenters. The number of hydrazine groups is 1. The number of hydrogen-bond donors (Lipinski definition) is 3. The van der Waals surface area contributed by atoms with Crippen molar-refractivity contribution in [2.24, 2.45) is 0 Å². The van der Waals surface area contributed by atoms with Crippen molar-refractivity contribution in [2.75, 3.05) is 7.11 Å². The summed E-state index contributed by atoms with van der Waals surface area (Å²) in [6.45, 7) is 5.59. The standard InChI is InChI=1S/C22H25N3O4S/c1-14-9-11-18(13-15(14)2)29-16(3)21(27)24-25-22(30)23-20(26)12-10-17-7-5-6-8-19(17)28-4/h5-13,16H,1-4H3,(H,24,27)(H2,23,25,26,30)/b12-10+. The fourth-order valence-corrected chi connectivity index (χ4v) is 2.57. The van der Waals surface area contributed by atoms with Crippen molar-refractivity contribution in [2.45, 2.75) is 26.9 Å². The van der Waals surface area contributed by atoms with Crippen LogP contribution in [0.3, 0.4) is 0 Å². The Labute approximate surface area is 181 Å². The molecule has 0 aliphatic rings. The predicted molar refractivity (Wildman–Crippen MR) is 120 cm³/mol. The highest BCUT2D eigenvalue weighted by molar-refractivity contribution is 7.80. The molecular formula is C22H25N3O4S. The van der Waals surface area contributed by atoms with Crippen molar-refractivity contribution in [1.82, 2.24) is 16.2 Å². The second-order valence-electron chi connectivity index (χ2n) is 6.51. The molecule has 0 bridgehead atoms. The third kappa shape index (κ3) is 6.89. The van der Waals surface area contributed by atoms with Gasteiger partial charge in [0.05, 0.1) is 7.11 Å². The van der Waals surface area contributed by atoms with Crippen LogP contribution in [-0.4, -0.2) is 30.1 Å². The highest BCUT2D eigenvalue weighted by Crippen LogP contribution is 2.19. The van der Waals surface area contributed by atoms with E-state index in [4.69, 9.17) is 21.7 Å². The number of aryl methyl sites for hydroxylation is 2. The third-order valence-corrected chi connectivity index (χ3v) is 4.45. The molecule has 0 heterocycles. The molecule has 0 saturated heterocycles. The second kappa shape index (κ2) is 11.0. The van der Waals surface area contributed by atoms with E-state index in [-0.39, 0.29) is 5.11 Å². The van der Waals surface area contributed by atoms with E-state index in [1.54, 1.807) is 32.2 Å². The van der Waals surface area contributed by atoms with E-state index in [0.717, 1.165) is 16.7 Å². The van der Waals surface area contributed by atoms with E-state index >= 15 is 0 Å². The Hall–Kier alpha value is -3.39. The SMILES string of the molecule is COc1ccccc1/C=C/C(=O)NC(=S)NNC(=O)C(C)Oc1ccc(C)c(C)c1. The first kappa shape index (κ1) is 22.9. The van der Waals surface area contributed by atoms with Crippen molar-refractivity contribution >= 4 is 35.2 Å². The molecular weight excluding hydrogens is 402 g/mol. The van der Waals surface area contributed by atoms with E-state index < -0.39 is 17.9 Å². The van der Waals surface area contributed by atoms with Crippen LogP contribution in [0.4, 0.5) is 0 Å². The lowest BCUT2D eigenvalue weighted by Gasteiger charge is -2.16. The smallest absolute Gasteiger partial charge is 0.279 e. The maximum Gasteiger partial charge on any atom is 0.279 e. The Morgan fingerprint density at radius 1 is 1.07 bits per heavy atom. The minimum Gasteiger partial charge on any atom is -0.496 e. The Kier molecular flexibility index (Phi) is 8.37. The fraction of sp³-hybridized carbons (Fsp3) is 0.227. The van der Waals surface area contributed by atoms with E-state index in [9.17, 15) is 9.59 Å². The number of thiocarbonyl (C=S) groups is 1. The molecule has 158 valence electrons. The lowest BCUT2D eigenvalue weighted by atomic mass is 10.1. The molecule has 8 heteroatoms. The first-order valence-electron chi connectivity index (χ1n) is 9.26. The van der Waals surface area contributed by atoms with Gasteiger partial charge in [0.25, 0.3) is 5.91 Å². The predicted octanol–water partition coefficient (Wildman–Crippen LogP) is 2.81. The van der Waals surface area contributed by atoms with Gasteiger partial charge in [-0.15, -0.1) is 0 Å². The van der Waals surface area contributed by atoms with Crippen molar-refractivity contribution in [3.05, 3.63) is 65.2 Å². The number of methoxy groups -OCH3 is 1. The molecule has 0 radical (unpaired) electrons. The van der Waals surface area contributed by atoms with Gasteiger partial charge in [-0.1, -0.05) is 24.3 Å². The van der Waals surface area contributed by atoms with E-state index in [2.05, 4.69) is 16.2 Å². The average Bonchev–Trinajstić information content (AvgIpc) is 2.73. The number of carbonyl (C=O) groups excluding carboxylic acids is 2. The van der Waals surface area contributed by atoms with Gasteiger partial charge in [0, 0.05) is 11.6 Å². The third-order valence-electron chi connectivity index (χ3n) is 4.25. The summed E-state index contributed by atoms with van der Waals surface area (Å²) >= 11 is 5.02. The minimum absolute atomic E-state index is 0.0450. The van der Waals surface area contributed by atoms with Gasteiger partial charge < -0.3 is 9.47 Å². The maximum absolute atomic E-state index is 12.2. The average molecular weight is 428 g/mol. The Morgan fingerprint density at radius 3 is 2.50 bits per heavy atom. The zero-order valence-corrected chi connectivity index (χ0v) is 18.1. The van der Waals surface area contributed by atoms with Crippen molar-refractivity contribution < 1.29 is 19.1 Å². The lowest BCUT2D eigenvalue weighted by Crippen LogP contribution is -2.51. The molecule has 0 saturated carbocycles. The first-order valence-corrected chi connectivity index (χ1v) is 9.66. The van der Waals surface area contributed by atoms with Crippen LogP contribution in [0, 0.1) is 13.8 Å². The zero-order valence-electron chi connectivity index (χ0n) is 17.3. The number of amides is 2. The maximum atomic E-state index is 12.2. The van der Waals surface area contributed by atoms with Crippen LogP contribution in [0.25, 0.3) is 6.08 Å². The summed E-state index contributed by atoms with van der Waals surface area (Å²) in [6.07, 6.45) is 2.16. The van der Waals surface area contributed by atoms with Gasteiger partial charge in [-0.2, -0.15) is 0 Å². The molecule has 2 aromatic rings. The van der Waals surface area contributed by atoms with Gasteiger partial charge in [0.2, 0.25) is 5.91 Å². The van der Waals surface area contributed by atoms with Crippen molar-refractivity contribution in [3.8, 4) is 11.5 Å². The van der Waals surface area contributed by atoms with Gasteiger partial charge in [-0.05, 0) is 68.4 Å². The largest absolute Gasteiger partial charge is 0.496 e. The Bertz CT molecular complexity index is 959. The molecule has 1 unspecified atom stereocenters. The summed E-state index contributed by atoms with van der Waals surface area (Å²) in [5.41, 5.74) is 7.86. The van der Waals surface area contributed by atoms with Crippen molar-refractivity contribution in [1.29, 1.82) is 0 Å². The van der Waals surface area contributed by atoms with Gasteiger partial charge in [0.1, 0.15) is 11.5 Å². The van der Waals surface area contributed by atoms with Gasteiger partial charge in [0.15, 0.2) is 11.2 Å². The van der Waals surface area contributed by atoms with Crippen LogP contribution in [0.1, 0.15) is 23.6 Å². The molecule has 0 spiro atoms. The number of ether oxygens (including phenoxy) is 2. The van der Waals surface area contributed by atoms with E-state index in [0.29, 0.717) is 11.5 Å². The number of rotatable bonds is 6. The number of hydrogen-bond acceptors (Lipinski definition) is 5. The number of para-hydroxylation sites is 1. The monoisotopic (exact) mass is 427 g/mol. The molecule has 0 aliphatic carbocycles. The van der Waals surface area contributed by atoms with Crippen LogP contribution < -0.4 is 25.6 Å². The number of benzene rings is 2. The van der Waals surface area contributed by atoms with Gasteiger partial charge >= 0.3 is 0 Å². The highest BCUT2D eigenvalue weighted by Gasteiger charge is 2.15. The first-order chi connectivity index (χ1) is 14.3. The molecule has 0 aliphatic heterocycles. The molecule has 2 rings (SSSR count). The quantitative estimate of drug-likeness (QED) is 0.373. The van der Waals surface area contributed by atoms with Crippen LogP contribution in [0.15, 0.2) is 48.5 Å². The lowest BCUT2D eigenvalue weighted by molar-refractivity contribution is -0.128. The van der Waals surface area contributed by atoms with E-state index in [1.807, 2.05) is 44.2 Å². The summed E-state index contributed by atoms with van der Waals surface area (Å²) in [4.78, 5) is 24.2. The second-order valence-corrected chi connectivity index (χ2v) is 6.92.